The van der Waals surface area contributed by atoms with E-state index in [1.165, 1.54) is 23.4 Å². The van der Waals surface area contributed by atoms with Gasteiger partial charge in [-0.1, -0.05) is 29.0 Å². The number of hydrogen-bond donors (Lipinski definition) is 5. The number of benzene rings is 1. The first-order valence-corrected chi connectivity index (χ1v) is 10.5. The number of hydrogen-bond acceptors (Lipinski definition) is 10. The molecule has 0 aliphatic rings. The van der Waals surface area contributed by atoms with Crippen molar-refractivity contribution in [1.29, 1.82) is 5.41 Å². The van der Waals surface area contributed by atoms with Crippen LogP contribution in [0.5, 0.6) is 0 Å². The van der Waals surface area contributed by atoms with E-state index in [0.717, 1.165) is 17.0 Å². The van der Waals surface area contributed by atoms with Gasteiger partial charge in [0.2, 0.25) is 9.93 Å². The Bertz CT molecular complexity index is 1300. The highest BCUT2D eigenvalue weighted by Gasteiger charge is 2.18. The van der Waals surface area contributed by atoms with Gasteiger partial charge in [-0.15, -0.1) is 5.10 Å². The van der Waals surface area contributed by atoms with E-state index in [-0.39, 0.29) is 22.9 Å². The minimum absolute atomic E-state index is 0.00717. The first-order chi connectivity index (χ1) is 15.4. The maximum absolute atomic E-state index is 12.6. The van der Waals surface area contributed by atoms with Crippen LogP contribution in [0.25, 0.3) is 11.3 Å². The third kappa shape index (κ3) is 4.77. The Morgan fingerprint density at radius 3 is 2.97 bits per heavy atom. The molecular formula is C19H18ClN9O2S. The predicted octanol–water partition coefficient (Wildman–Crippen LogP) is 2.34. The highest BCUT2D eigenvalue weighted by Crippen LogP contribution is 2.21. The molecule has 0 fully saturated rings. The second-order valence-electron chi connectivity index (χ2n) is 6.57. The molecule has 1 atom stereocenters. The van der Waals surface area contributed by atoms with Gasteiger partial charge in [0.05, 0.1) is 31.0 Å². The zero-order valence-corrected chi connectivity index (χ0v) is 18.0. The van der Waals surface area contributed by atoms with Gasteiger partial charge in [-0.3, -0.25) is 10.2 Å². The Kier molecular flexibility index (Phi) is 6.16. The number of carbonyl (C=O) groups excluding carboxylic acids is 1. The van der Waals surface area contributed by atoms with E-state index in [4.69, 9.17) is 32.9 Å². The number of halogens is 1. The number of nitrogens with zero attached hydrogens (tertiary/aromatic N) is 4. The summed E-state index contributed by atoms with van der Waals surface area (Å²) in [6.07, 6.45) is 3.64. The lowest BCUT2D eigenvalue weighted by molar-refractivity contribution is 0.0942. The van der Waals surface area contributed by atoms with Gasteiger partial charge in [0.25, 0.3) is 5.91 Å². The number of nitrogen functional groups attached to an aromatic ring is 1. The fraction of sp³-hybridized carbons (Fsp3) is 0.105. The van der Waals surface area contributed by atoms with Crippen molar-refractivity contribution in [2.45, 2.75) is 6.17 Å². The minimum Gasteiger partial charge on any atom is -0.472 e. The van der Waals surface area contributed by atoms with Gasteiger partial charge in [0.15, 0.2) is 11.5 Å². The van der Waals surface area contributed by atoms with Crippen molar-refractivity contribution < 1.29 is 9.21 Å². The Morgan fingerprint density at radius 1 is 1.38 bits per heavy atom. The van der Waals surface area contributed by atoms with E-state index >= 15 is 0 Å². The number of amides is 1. The van der Waals surface area contributed by atoms with Crippen molar-refractivity contribution in [2.24, 2.45) is 5.73 Å². The maximum atomic E-state index is 12.6. The number of nitrogens with one attached hydrogen (secondary N) is 3. The Labute approximate surface area is 190 Å². The maximum Gasteiger partial charge on any atom is 0.273 e. The molecule has 0 radical (unpaired) electrons. The van der Waals surface area contributed by atoms with E-state index in [1.807, 2.05) is 6.07 Å². The molecule has 0 saturated carbocycles. The summed E-state index contributed by atoms with van der Waals surface area (Å²) in [6.45, 7) is -0.00717. The van der Waals surface area contributed by atoms with Crippen LogP contribution in [0.2, 0.25) is 5.02 Å². The molecule has 0 aliphatic carbocycles. The third-order valence-corrected chi connectivity index (χ3v) is 5.29. The Hall–Kier alpha value is -3.74. The summed E-state index contributed by atoms with van der Waals surface area (Å²) in [4.78, 5) is 21.0. The van der Waals surface area contributed by atoms with Crippen LogP contribution in [0.15, 0.2) is 53.5 Å². The monoisotopic (exact) mass is 471 g/mol. The second kappa shape index (κ2) is 9.18. The van der Waals surface area contributed by atoms with Gasteiger partial charge in [-0.05, 0) is 24.3 Å². The first-order valence-electron chi connectivity index (χ1n) is 9.26. The molecule has 1 unspecified atom stereocenters. The summed E-state index contributed by atoms with van der Waals surface area (Å²) in [7, 11) is 0. The van der Waals surface area contributed by atoms with Crippen molar-refractivity contribution in [3.8, 4) is 11.3 Å². The highest BCUT2D eigenvalue weighted by molar-refractivity contribution is 7.12. The van der Waals surface area contributed by atoms with E-state index in [0.29, 0.717) is 21.4 Å². The molecule has 0 aliphatic heterocycles. The Balaban J connectivity index is 1.43. The predicted molar refractivity (Wildman–Crippen MR) is 120 cm³/mol. The number of rotatable bonds is 7. The summed E-state index contributed by atoms with van der Waals surface area (Å²) in [6, 6.07) is 8.81. The quantitative estimate of drug-likeness (QED) is 0.273. The van der Waals surface area contributed by atoms with E-state index in [9.17, 15) is 4.79 Å². The second-order valence-corrected chi connectivity index (χ2v) is 7.98. The van der Waals surface area contributed by atoms with Crippen molar-refractivity contribution >= 4 is 45.5 Å². The van der Waals surface area contributed by atoms with Crippen LogP contribution in [0.4, 0.5) is 16.6 Å². The number of aromatic nitrogens is 4. The molecule has 11 nitrogen and oxygen atoms in total. The van der Waals surface area contributed by atoms with Crippen LogP contribution in [-0.4, -0.2) is 32.2 Å². The molecule has 3 aromatic heterocycles. The van der Waals surface area contributed by atoms with Crippen molar-refractivity contribution in [3.05, 3.63) is 64.6 Å². The van der Waals surface area contributed by atoms with Crippen LogP contribution in [0.1, 0.15) is 16.7 Å². The zero-order chi connectivity index (χ0) is 22.7. The van der Waals surface area contributed by atoms with Crippen LogP contribution in [0.3, 0.4) is 0 Å². The molecule has 0 saturated heterocycles. The largest absolute Gasteiger partial charge is 0.472 e. The fourth-order valence-electron chi connectivity index (χ4n) is 2.75. The lowest BCUT2D eigenvalue weighted by Gasteiger charge is -2.13. The molecule has 3 heterocycles. The molecule has 4 rings (SSSR count). The van der Waals surface area contributed by atoms with Gasteiger partial charge in [0, 0.05) is 16.3 Å². The number of furan rings is 1. The van der Waals surface area contributed by atoms with Crippen molar-refractivity contribution in [1.82, 2.24) is 25.1 Å². The van der Waals surface area contributed by atoms with Crippen LogP contribution >= 0.6 is 22.9 Å². The first kappa shape index (κ1) is 21.5. The van der Waals surface area contributed by atoms with Gasteiger partial charge < -0.3 is 26.5 Å². The number of carbonyl (C=O) groups is 1. The molecular weight excluding hydrogens is 454 g/mol. The summed E-state index contributed by atoms with van der Waals surface area (Å²) in [5.74, 6) is -0.561. The average Bonchev–Trinajstić information content (AvgIpc) is 3.42. The molecule has 13 heteroatoms. The van der Waals surface area contributed by atoms with Gasteiger partial charge in [0.1, 0.15) is 6.17 Å². The summed E-state index contributed by atoms with van der Waals surface area (Å²) in [5, 5.41) is 19.2. The summed E-state index contributed by atoms with van der Waals surface area (Å²) >= 11 is 7.08. The topological polar surface area (TPSA) is 174 Å². The molecule has 1 aromatic carbocycles. The zero-order valence-electron chi connectivity index (χ0n) is 16.4. The summed E-state index contributed by atoms with van der Waals surface area (Å²) in [5.41, 5.74) is 13.8. The third-order valence-electron chi connectivity index (χ3n) is 4.29. The molecule has 0 bridgehead atoms. The SMILES string of the molecule is N=c1sc(Nc2cccc(Cl)c2)nn1C(N)CNC(=O)c1nc(-c2ccoc2)cnc1N. The smallest absolute Gasteiger partial charge is 0.273 e. The molecule has 164 valence electrons. The lowest BCUT2D eigenvalue weighted by Crippen LogP contribution is -2.39. The molecule has 1 amide bonds. The average molecular weight is 472 g/mol. The minimum atomic E-state index is -0.788. The number of anilines is 3. The highest BCUT2D eigenvalue weighted by atomic mass is 35.5. The molecule has 4 aromatic rings. The molecule has 32 heavy (non-hydrogen) atoms. The van der Waals surface area contributed by atoms with Gasteiger partial charge in [-0.25, -0.2) is 14.6 Å². The molecule has 0 spiro atoms. The lowest BCUT2D eigenvalue weighted by atomic mass is 10.2. The summed E-state index contributed by atoms with van der Waals surface area (Å²) < 4.78 is 6.33. The molecule has 7 N–H and O–H groups in total. The van der Waals surface area contributed by atoms with Crippen LogP contribution in [-0.2, 0) is 0 Å². The van der Waals surface area contributed by atoms with Crippen LogP contribution in [0, 0.1) is 5.41 Å². The van der Waals surface area contributed by atoms with E-state index in [2.05, 4.69) is 25.7 Å². The number of nitrogens with two attached hydrogens (primary N) is 2. The van der Waals surface area contributed by atoms with Crippen LogP contribution < -0.4 is 26.9 Å². The Morgan fingerprint density at radius 2 is 2.22 bits per heavy atom. The standard InChI is InChI=1S/C19H18ClN9O2S/c20-11-2-1-3-12(6-11)26-19-28-29(18(23)32-19)14(21)8-25-17(30)15-16(22)24-7-13(27-15)10-4-5-31-9-10/h1-7,9,14,23H,8,21H2,(H2,22,24)(H,25,30)(H,26,28). The van der Waals surface area contributed by atoms with E-state index < -0.39 is 12.1 Å². The van der Waals surface area contributed by atoms with Crippen molar-refractivity contribution in [2.75, 3.05) is 17.6 Å². The van der Waals surface area contributed by atoms with E-state index in [1.54, 1.807) is 24.3 Å². The normalized spacial score (nSPS) is 11.8. The van der Waals surface area contributed by atoms with Crippen molar-refractivity contribution in [3.63, 3.8) is 0 Å². The fourth-order valence-corrected chi connectivity index (χ4v) is 3.69. The van der Waals surface area contributed by atoms with Gasteiger partial charge in [-0.2, -0.15) is 0 Å². The van der Waals surface area contributed by atoms with Gasteiger partial charge >= 0.3 is 0 Å².